The number of carbonyl (C=O) groups excluding carboxylic acids is 1. The van der Waals surface area contributed by atoms with Gasteiger partial charge in [-0.15, -0.1) is 11.3 Å². The zero-order valence-corrected chi connectivity index (χ0v) is 14.6. The molecule has 1 aliphatic heterocycles. The summed E-state index contributed by atoms with van der Waals surface area (Å²) in [7, 11) is 1.64. The predicted octanol–water partition coefficient (Wildman–Crippen LogP) is 2.91. The third kappa shape index (κ3) is 4.27. The Labute approximate surface area is 146 Å². The van der Waals surface area contributed by atoms with Gasteiger partial charge in [-0.2, -0.15) is 0 Å². The Balaban J connectivity index is 1.52. The number of hydrogen-bond acceptors (Lipinski definition) is 4. The van der Waals surface area contributed by atoms with Gasteiger partial charge in [-0.05, 0) is 23.1 Å². The second-order valence-electron chi connectivity index (χ2n) is 5.73. The maximum atomic E-state index is 12.5. The zero-order valence-electron chi connectivity index (χ0n) is 13.7. The molecule has 3 rings (SSSR count). The van der Waals surface area contributed by atoms with Crippen molar-refractivity contribution in [2.75, 3.05) is 26.8 Å². The van der Waals surface area contributed by atoms with Crippen molar-refractivity contribution in [3.8, 4) is 5.75 Å². The van der Waals surface area contributed by atoms with Crippen molar-refractivity contribution in [3.63, 3.8) is 0 Å². The molecule has 0 radical (unpaired) electrons. The summed E-state index contributed by atoms with van der Waals surface area (Å²) < 4.78 is 11.0. The van der Waals surface area contributed by atoms with E-state index < -0.39 is 0 Å². The van der Waals surface area contributed by atoms with Crippen molar-refractivity contribution in [3.05, 3.63) is 52.2 Å². The lowest BCUT2D eigenvalue weighted by Crippen LogP contribution is -2.44. The van der Waals surface area contributed by atoms with Crippen LogP contribution in [0.2, 0.25) is 0 Å². The molecule has 0 saturated heterocycles. The molecule has 6 heteroatoms. The monoisotopic (exact) mass is 346 g/mol. The van der Waals surface area contributed by atoms with Crippen LogP contribution in [0, 0.1) is 0 Å². The molecule has 0 saturated carbocycles. The summed E-state index contributed by atoms with van der Waals surface area (Å²) in [6.07, 6.45) is 0.830. The van der Waals surface area contributed by atoms with E-state index in [1.807, 2.05) is 35.7 Å². The second kappa shape index (κ2) is 8.17. The first kappa shape index (κ1) is 16.8. The number of benzene rings is 1. The molecule has 1 unspecified atom stereocenters. The van der Waals surface area contributed by atoms with Gasteiger partial charge in [0.15, 0.2) is 0 Å². The number of urea groups is 1. The van der Waals surface area contributed by atoms with E-state index >= 15 is 0 Å². The molecule has 1 aromatic carbocycles. The zero-order chi connectivity index (χ0) is 16.8. The van der Waals surface area contributed by atoms with Crippen molar-refractivity contribution in [1.82, 2.24) is 10.2 Å². The van der Waals surface area contributed by atoms with Gasteiger partial charge in [0.2, 0.25) is 0 Å². The quantitative estimate of drug-likeness (QED) is 0.839. The summed E-state index contributed by atoms with van der Waals surface area (Å²) in [4.78, 5) is 15.4. The summed E-state index contributed by atoms with van der Waals surface area (Å²) in [5.74, 6) is 0.923. The Morgan fingerprint density at radius 2 is 2.25 bits per heavy atom. The van der Waals surface area contributed by atoms with E-state index in [1.165, 1.54) is 5.56 Å². The van der Waals surface area contributed by atoms with Crippen LogP contribution in [0.25, 0.3) is 0 Å². The van der Waals surface area contributed by atoms with Crippen LogP contribution in [0.3, 0.4) is 0 Å². The molecule has 1 atom stereocenters. The number of methoxy groups -OCH3 is 1. The lowest BCUT2D eigenvalue weighted by atomic mass is 10.1. The lowest BCUT2D eigenvalue weighted by Gasteiger charge is -2.23. The molecule has 2 heterocycles. The van der Waals surface area contributed by atoms with E-state index in [1.54, 1.807) is 23.3 Å². The van der Waals surface area contributed by atoms with E-state index in [0.29, 0.717) is 26.2 Å². The molecule has 1 aliphatic rings. The normalized spacial score (nSPS) is 15.6. The van der Waals surface area contributed by atoms with Crippen LogP contribution in [0.15, 0.2) is 41.8 Å². The number of carbonyl (C=O) groups is 1. The van der Waals surface area contributed by atoms with Crippen molar-refractivity contribution in [1.29, 1.82) is 0 Å². The first-order chi connectivity index (χ1) is 11.8. The average molecular weight is 346 g/mol. The van der Waals surface area contributed by atoms with Crippen molar-refractivity contribution in [2.45, 2.75) is 19.1 Å². The van der Waals surface area contributed by atoms with Crippen LogP contribution < -0.4 is 10.1 Å². The van der Waals surface area contributed by atoms with Crippen LogP contribution in [0.5, 0.6) is 5.75 Å². The smallest absolute Gasteiger partial charge is 0.317 e. The minimum Gasteiger partial charge on any atom is -0.488 e. The molecule has 2 aromatic rings. The highest BCUT2D eigenvalue weighted by atomic mass is 32.1. The predicted molar refractivity (Wildman–Crippen MR) is 94.6 cm³/mol. The van der Waals surface area contributed by atoms with Gasteiger partial charge < -0.3 is 19.7 Å². The van der Waals surface area contributed by atoms with E-state index in [2.05, 4.69) is 11.4 Å². The number of amides is 2. The fourth-order valence-electron chi connectivity index (χ4n) is 2.73. The Morgan fingerprint density at radius 3 is 3.00 bits per heavy atom. The van der Waals surface area contributed by atoms with Crippen LogP contribution in [0.4, 0.5) is 4.79 Å². The molecular weight excluding hydrogens is 324 g/mol. The molecule has 0 spiro atoms. The Morgan fingerprint density at radius 1 is 1.38 bits per heavy atom. The van der Waals surface area contributed by atoms with Crippen LogP contribution in [0.1, 0.15) is 10.4 Å². The number of fused-ring (bicyclic) bond motifs is 1. The van der Waals surface area contributed by atoms with E-state index in [-0.39, 0.29) is 12.1 Å². The SMILES string of the molecule is COCCN(Cc1cccs1)C(=O)NCC1Cc2ccccc2O1. The molecule has 1 N–H and O–H groups in total. The summed E-state index contributed by atoms with van der Waals surface area (Å²) in [5.41, 5.74) is 1.20. The highest BCUT2D eigenvalue weighted by molar-refractivity contribution is 7.09. The minimum atomic E-state index is -0.0833. The Kier molecular flexibility index (Phi) is 5.72. The second-order valence-corrected chi connectivity index (χ2v) is 6.76. The van der Waals surface area contributed by atoms with Crippen molar-refractivity contribution < 1.29 is 14.3 Å². The molecule has 1 aromatic heterocycles. The molecule has 0 bridgehead atoms. The number of nitrogens with zero attached hydrogens (tertiary/aromatic N) is 1. The third-order valence-corrected chi connectivity index (χ3v) is 4.84. The van der Waals surface area contributed by atoms with Crippen LogP contribution >= 0.6 is 11.3 Å². The molecular formula is C18H22N2O3S. The number of thiophene rings is 1. The van der Waals surface area contributed by atoms with Gasteiger partial charge in [0, 0.05) is 25.0 Å². The first-order valence-corrected chi connectivity index (χ1v) is 8.93. The number of rotatable bonds is 7. The number of hydrogen-bond donors (Lipinski definition) is 1. The van der Waals surface area contributed by atoms with E-state index in [4.69, 9.17) is 9.47 Å². The highest BCUT2D eigenvalue weighted by Crippen LogP contribution is 2.27. The Hall–Kier alpha value is -2.05. The lowest BCUT2D eigenvalue weighted by molar-refractivity contribution is 0.143. The van der Waals surface area contributed by atoms with Crippen molar-refractivity contribution >= 4 is 17.4 Å². The van der Waals surface area contributed by atoms with Crippen molar-refractivity contribution in [2.24, 2.45) is 0 Å². The third-order valence-electron chi connectivity index (χ3n) is 3.97. The van der Waals surface area contributed by atoms with Gasteiger partial charge in [-0.3, -0.25) is 0 Å². The standard InChI is InChI=1S/C18H22N2O3S/c1-22-9-8-20(13-16-6-4-10-24-16)18(21)19-12-15-11-14-5-2-3-7-17(14)23-15/h2-7,10,15H,8-9,11-13H2,1H3,(H,19,21). The van der Waals surface area contributed by atoms with Gasteiger partial charge in [-0.25, -0.2) is 4.79 Å². The summed E-state index contributed by atoms with van der Waals surface area (Å²) in [5, 5.41) is 5.01. The van der Waals surface area contributed by atoms with Gasteiger partial charge >= 0.3 is 6.03 Å². The summed E-state index contributed by atoms with van der Waals surface area (Å²) in [6.45, 7) is 2.18. The summed E-state index contributed by atoms with van der Waals surface area (Å²) in [6, 6.07) is 12.0. The fourth-order valence-corrected chi connectivity index (χ4v) is 3.44. The molecule has 24 heavy (non-hydrogen) atoms. The summed E-state index contributed by atoms with van der Waals surface area (Å²) >= 11 is 1.65. The molecule has 2 amide bonds. The van der Waals surface area contributed by atoms with Gasteiger partial charge in [0.25, 0.3) is 0 Å². The van der Waals surface area contributed by atoms with E-state index in [0.717, 1.165) is 17.0 Å². The number of para-hydroxylation sites is 1. The van der Waals surface area contributed by atoms with Gasteiger partial charge in [0.05, 0.1) is 19.7 Å². The van der Waals surface area contributed by atoms with Crippen LogP contribution in [-0.4, -0.2) is 43.8 Å². The molecule has 128 valence electrons. The fraction of sp³-hybridized carbons (Fsp3) is 0.389. The maximum absolute atomic E-state index is 12.5. The molecule has 5 nitrogen and oxygen atoms in total. The average Bonchev–Trinajstić information content (AvgIpc) is 3.25. The minimum absolute atomic E-state index is 0.00244. The number of ether oxygens (including phenoxy) is 2. The molecule has 0 fully saturated rings. The van der Waals surface area contributed by atoms with Crippen LogP contribution in [-0.2, 0) is 17.7 Å². The highest BCUT2D eigenvalue weighted by Gasteiger charge is 2.23. The van der Waals surface area contributed by atoms with E-state index in [9.17, 15) is 4.79 Å². The topological polar surface area (TPSA) is 50.8 Å². The maximum Gasteiger partial charge on any atom is 0.317 e. The Bertz CT molecular complexity index is 635. The largest absolute Gasteiger partial charge is 0.488 e. The first-order valence-electron chi connectivity index (χ1n) is 8.05. The number of nitrogens with one attached hydrogen (secondary N) is 1. The van der Waals surface area contributed by atoms with Gasteiger partial charge in [-0.1, -0.05) is 24.3 Å². The molecule has 0 aliphatic carbocycles. The van der Waals surface area contributed by atoms with Gasteiger partial charge in [0.1, 0.15) is 11.9 Å².